The number of hydrogen-bond acceptors (Lipinski definition) is 3. The third kappa shape index (κ3) is 2.09. The van der Waals surface area contributed by atoms with Crippen molar-refractivity contribution in [2.24, 2.45) is 0 Å². The van der Waals surface area contributed by atoms with Crippen molar-refractivity contribution >= 4 is 11.4 Å². The molecule has 4 N–H and O–H groups in total. The summed E-state index contributed by atoms with van der Waals surface area (Å²) in [5.41, 5.74) is 10.9. The molecule has 0 spiro atoms. The van der Waals surface area contributed by atoms with Gasteiger partial charge in [-0.2, -0.15) is 13.2 Å². The monoisotopic (exact) mass is 253 g/mol. The smallest absolute Gasteiger partial charge is 0.396 e. The van der Waals surface area contributed by atoms with Crippen LogP contribution in [0.15, 0.2) is 36.7 Å². The number of halogens is 3. The van der Waals surface area contributed by atoms with E-state index in [9.17, 15) is 13.2 Å². The number of hydrogen-bond donors (Lipinski definition) is 2. The lowest BCUT2D eigenvalue weighted by Crippen LogP contribution is -2.08. The first-order valence-electron chi connectivity index (χ1n) is 5.07. The average Bonchev–Trinajstić information content (AvgIpc) is 2.32. The van der Waals surface area contributed by atoms with E-state index < -0.39 is 11.7 Å². The molecule has 0 atom stereocenters. The topological polar surface area (TPSA) is 64.9 Å². The Bertz CT molecular complexity index is 579. The second kappa shape index (κ2) is 4.21. The van der Waals surface area contributed by atoms with Crippen LogP contribution < -0.4 is 11.5 Å². The van der Waals surface area contributed by atoms with Crippen molar-refractivity contribution in [1.29, 1.82) is 0 Å². The van der Waals surface area contributed by atoms with Gasteiger partial charge in [-0.15, -0.1) is 0 Å². The molecule has 0 aliphatic heterocycles. The van der Waals surface area contributed by atoms with Gasteiger partial charge in [0.05, 0.1) is 23.1 Å². The van der Waals surface area contributed by atoms with Crippen molar-refractivity contribution in [3.63, 3.8) is 0 Å². The van der Waals surface area contributed by atoms with E-state index in [0.717, 1.165) is 6.07 Å². The summed E-state index contributed by atoms with van der Waals surface area (Å²) in [6, 6.07) is 5.17. The lowest BCUT2D eigenvalue weighted by atomic mass is 9.99. The number of benzene rings is 1. The second-order valence-corrected chi connectivity index (χ2v) is 3.73. The highest BCUT2D eigenvalue weighted by Crippen LogP contribution is 2.39. The first-order valence-corrected chi connectivity index (χ1v) is 5.07. The van der Waals surface area contributed by atoms with E-state index in [1.54, 1.807) is 0 Å². The molecule has 0 radical (unpaired) electrons. The van der Waals surface area contributed by atoms with Gasteiger partial charge in [0.1, 0.15) is 0 Å². The molecule has 6 heteroatoms. The van der Waals surface area contributed by atoms with E-state index in [-0.39, 0.29) is 22.5 Å². The lowest BCUT2D eigenvalue weighted by Gasteiger charge is -2.14. The van der Waals surface area contributed by atoms with Crippen molar-refractivity contribution in [2.45, 2.75) is 6.18 Å². The maximum absolute atomic E-state index is 12.9. The first-order chi connectivity index (χ1) is 8.41. The summed E-state index contributed by atoms with van der Waals surface area (Å²) < 4.78 is 38.6. The molecule has 0 saturated carbocycles. The fourth-order valence-electron chi connectivity index (χ4n) is 1.67. The second-order valence-electron chi connectivity index (χ2n) is 3.73. The SMILES string of the molecule is Nc1cncc(-c2ccccc2C(F)(F)F)c1N. The van der Waals surface area contributed by atoms with Gasteiger partial charge in [0.15, 0.2) is 0 Å². The van der Waals surface area contributed by atoms with Gasteiger partial charge in [-0.1, -0.05) is 18.2 Å². The molecular formula is C12H10F3N3. The van der Waals surface area contributed by atoms with Crippen LogP contribution >= 0.6 is 0 Å². The van der Waals surface area contributed by atoms with Crippen molar-refractivity contribution < 1.29 is 13.2 Å². The fraction of sp³-hybridized carbons (Fsp3) is 0.0833. The van der Waals surface area contributed by atoms with Crippen LogP contribution in [0.5, 0.6) is 0 Å². The van der Waals surface area contributed by atoms with Crippen LogP contribution in [0.3, 0.4) is 0 Å². The van der Waals surface area contributed by atoms with Gasteiger partial charge in [-0.25, -0.2) is 0 Å². The van der Waals surface area contributed by atoms with Gasteiger partial charge in [0.25, 0.3) is 0 Å². The van der Waals surface area contributed by atoms with E-state index in [4.69, 9.17) is 11.5 Å². The van der Waals surface area contributed by atoms with E-state index in [2.05, 4.69) is 4.98 Å². The maximum atomic E-state index is 12.9. The quantitative estimate of drug-likeness (QED) is 0.821. The largest absolute Gasteiger partial charge is 0.417 e. The highest BCUT2D eigenvalue weighted by molar-refractivity contribution is 5.84. The number of nitrogens with zero attached hydrogens (tertiary/aromatic N) is 1. The van der Waals surface area contributed by atoms with E-state index in [1.165, 1.54) is 30.6 Å². The fourth-order valence-corrected chi connectivity index (χ4v) is 1.67. The van der Waals surface area contributed by atoms with E-state index in [1.807, 2.05) is 0 Å². The summed E-state index contributed by atoms with van der Waals surface area (Å²) in [5, 5.41) is 0. The van der Waals surface area contributed by atoms with Gasteiger partial charge in [-0.05, 0) is 11.6 Å². The van der Waals surface area contributed by atoms with Crippen molar-refractivity contribution in [2.75, 3.05) is 11.5 Å². The minimum atomic E-state index is -4.45. The van der Waals surface area contributed by atoms with Crippen LogP contribution in [0.25, 0.3) is 11.1 Å². The zero-order valence-electron chi connectivity index (χ0n) is 9.20. The first kappa shape index (κ1) is 12.2. The normalized spacial score (nSPS) is 11.5. The Kier molecular flexibility index (Phi) is 2.86. The molecule has 0 aliphatic carbocycles. The Morgan fingerprint density at radius 2 is 1.61 bits per heavy atom. The minimum Gasteiger partial charge on any atom is -0.396 e. The summed E-state index contributed by atoms with van der Waals surface area (Å²) in [4.78, 5) is 3.77. The number of pyridine rings is 1. The van der Waals surface area contributed by atoms with E-state index >= 15 is 0 Å². The van der Waals surface area contributed by atoms with Crippen LogP contribution in [-0.2, 0) is 6.18 Å². The third-order valence-electron chi connectivity index (χ3n) is 2.54. The van der Waals surface area contributed by atoms with Gasteiger partial charge >= 0.3 is 6.18 Å². The molecule has 18 heavy (non-hydrogen) atoms. The molecule has 0 amide bonds. The molecule has 0 unspecified atom stereocenters. The number of nitrogen functional groups attached to an aromatic ring is 2. The molecule has 0 fully saturated rings. The van der Waals surface area contributed by atoms with E-state index in [0.29, 0.717) is 0 Å². The molecule has 0 bridgehead atoms. The van der Waals surface area contributed by atoms with Crippen LogP contribution in [0.4, 0.5) is 24.5 Å². The Morgan fingerprint density at radius 1 is 0.944 bits per heavy atom. The Hall–Kier alpha value is -2.24. The summed E-state index contributed by atoms with van der Waals surface area (Å²) in [7, 11) is 0. The molecule has 2 aromatic rings. The molecule has 1 aromatic carbocycles. The van der Waals surface area contributed by atoms with Gasteiger partial charge in [0.2, 0.25) is 0 Å². The van der Waals surface area contributed by atoms with Crippen LogP contribution in [0, 0.1) is 0 Å². The summed E-state index contributed by atoms with van der Waals surface area (Å²) >= 11 is 0. The molecule has 0 aliphatic rings. The number of aromatic nitrogens is 1. The van der Waals surface area contributed by atoms with Crippen molar-refractivity contribution in [1.82, 2.24) is 4.98 Å². The zero-order valence-corrected chi connectivity index (χ0v) is 9.20. The zero-order chi connectivity index (χ0) is 13.3. The highest BCUT2D eigenvalue weighted by Gasteiger charge is 2.33. The Balaban J connectivity index is 2.69. The Labute approximate surface area is 101 Å². The lowest BCUT2D eigenvalue weighted by molar-refractivity contribution is -0.137. The van der Waals surface area contributed by atoms with Crippen LogP contribution in [-0.4, -0.2) is 4.98 Å². The highest BCUT2D eigenvalue weighted by atomic mass is 19.4. The van der Waals surface area contributed by atoms with Crippen molar-refractivity contribution in [3.8, 4) is 11.1 Å². The van der Waals surface area contributed by atoms with Crippen molar-refractivity contribution in [3.05, 3.63) is 42.2 Å². The molecule has 0 saturated heterocycles. The minimum absolute atomic E-state index is 0.0256. The number of alkyl halides is 3. The number of nitrogens with two attached hydrogens (primary N) is 2. The van der Waals surface area contributed by atoms with Gasteiger partial charge in [0, 0.05) is 11.8 Å². The third-order valence-corrected chi connectivity index (χ3v) is 2.54. The molecule has 1 heterocycles. The summed E-state index contributed by atoms with van der Waals surface area (Å²) in [5.74, 6) is 0. The maximum Gasteiger partial charge on any atom is 0.417 e. The number of rotatable bonds is 1. The molecule has 94 valence electrons. The number of anilines is 2. The average molecular weight is 253 g/mol. The predicted molar refractivity (Wildman–Crippen MR) is 63.5 cm³/mol. The molecule has 1 aromatic heterocycles. The molecule has 2 rings (SSSR count). The van der Waals surface area contributed by atoms with Crippen LogP contribution in [0.2, 0.25) is 0 Å². The predicted octanol–water partition coefficient (Wildman–Crippen LogP) is 2.93. The standard InChI is InChI=1S/C12H10F3N3/c13-12(14,15)9-4-2-1-3-7(9)8-5-18-6-10(16)11(8)17/h1-6H,16H2,(H2,17,18). The molecular weight excluding hydrogens is 243 g/mol. The molecule has 3 nitrogen and oxygen atoms in total. The summed E-state index contributed by atoms with van der Waals surface area (Å²) in [6.45, 7) is 0. The van der Waals surface area contributed by atoms with Gasteiger partial charge < -0.3 is 11.5 Å². The Morgan fingerprint density at radius 3 is 2.28 bits per heavy atom. The summed E-state index contributed by atoms with van der Waals surface area (Å²) in [6.07, 6.45) is -1.88. The van der Waals surface area contributed by atoms with Crippen LogP contribution in [0.1, 0.15) is 5.56 Å². The van der Waals surface area contributed by atoms with Gasteiger partial charge in [-0.3, -0.25) is 4.98 Å².